The van der Waals surface area contributed by atoms with E-state index in [9.17, 15) is 0 Å². The van der Waals surface area contributed by atoms with E-state index in [2.05, 4.69) is 58.5 Å². The molecule has 0 atom stereocenters. The van der Waals surface area contributed by atoms with E-state index in [1.807, 2.05) is 18.8 Å². The van der Waals surface area contributed by atoms with Crippen LogP contribution >= 0.6 is 11.8 Å². The second kappa shape index (κ2) is 6.52. The van der Waals surface area contributed by atoms with Gasteiger partial charge in [0, 0.05) is 35.6 Å². The molecule has 0 unspecified atom stereocenters. The second-order valence-corrected chi connectivity index (χ2v) is 5.05. The first-order valence-corrected chi connectivity index (χ1v) is 6.85. The average Bonchev–Trinajstić information content (AvgIpc) is 2.79. The Bertz CT molecular complexity index is 436. The number of hydrogen-bond acceptors (Lipinski definition) is 2. The van der Waals surface area contributed by atoms with E-state index in [1.165, 1.54) is 10.6 Å². The number of nitrogens with zero attached hydrogens (tertiary/aromatic N) is 1. The van der Waals surface area contributed by atoms with Crippen LogP contribution in [-0.4, -0.2) is 17.4 Å². The Kier molecular flexibility index (Phi) is 4.71. The summed E-state index contributed by atoms with van der Waals surface area (Å²) in [7, 11) is 1.98. The predicted octanol–water partition coefficient (Wildman–Crippen LogP) is 3.00. The molecule has 1 aromatic carbocycles. The zero-order valence-corrected chi connectivity index (χ0v) is 10.9. The lowest BCUT2D eigenvalue weighted by molar-refractivity contribution is 0.680. The zero-order valence-electron chi connectivity index (χ0n) is 10.1. The smallest absolute Gasteiger partial charge is 0.0356 e. The van der Waals surface area contributed by atoms with Crippen molar-refractivity contribution in [3.05, 3.63) is 54.4 Å². The summed E-state index contributed by atoms with van der Waals surface area (Å²) in [5.41, 5.74) is 1.35. The van der Waals surface area contributed by atoms with Crippen molar-refractivity contribution in [3.63, 3.8) is 0 Å². The molecule has 0 aliphatic rings. The fourth-order valence-electron chi connectivity index (χ4n) is 1.79. The molecule has 1 aromatic heterocycles. The molecule has 1 heterocycles. The number of benzene rings is 1. The van der Waals surface area contributed by atoms with E-state index in [0.29, 0.717) is 0 Å². The van der Waals surface area contributed by atoms with Gasteiger partial charge in [-0.25, -0.2) is 0 Å². The summed E-state index contributed by atoms with van der Waals surface area (Å²) in [4.78, 5) is 1.34. The normalized spacial score (nSPS) is 10.6. The van der Waals surface area contributed by atoms with E-state index in [1.54, 1.807) is 0 Å². The van der Waals surface area contributed by atoms with Crippen molar-refractivity contribution in [2.24, 2.45) is 0 Å². The molecule has 3 heteroatoms. The van der Waals surface area contributed by atoms with Crippen LogP contribution in [0, 0.1) is 0 Å². The van der Waals surface area contributed by atoms with Crippen molar-refractivity contribution in [2.75, 3.05) is 12.8 Å². The summed E-state index contributed by atoms with van der Waals surface area (Å²) in [6.07, 6.45) is 2.15. The van der Waals surface area contributed by atoms with Gasteiger partial charge in [0.25, 0.3) is 0 Å². The van der Waals surface area contributed by atoms with Crippen LogP contribution in [0.25, 0.3) is 0 Å². The van der Waals surface area contributed by atoms with Crippen LogP contribution in [0.4, 0.5) is 0 Å². The lowest BCUT2D eigenvalue weighted by atomic mass is 10.4. The maximum absolute atomic E-state index is 3.19. The van der Waals surface area contributed by atoms with Gasteiger partial charge in [0.15, 0.2) is 0 Å². The number of rotatable bonds is 6. The third kappa shape index (κ3) is 3.65. The van der Waals surface area contributed by atoms with Crippen molar-refractivity contribution in [1.29, 1.82) is 0 Å². The van der Waals surface area contributed by atoms with Crippen LogP contribution in [0.1, 0.15) is 5.69 Å². The number of aromatic nitrogens is 1. The highest BCUT2D eigenvalue weighted by atomic mass is 32.2. The van der Waals surface area contributed by atoms with E-state index < -0.39 is 0 Å². The second-order valence-electron chi connectivity index (χ2n) is 3.88. The van der Waals surface area contributed by atoms with Gasteiger partial charge in [-0.1, -0.05) is 18.2 Å². The largest absolute Gasteiger partial charge is 0.349 e. The fourth-order valence-corrected chi connectivity index (χ4v) is 2.66. The molecule has 0 radical (unpaired) electrons. The lowest BCUT2D eigenvalue weighted by Crippen LogP contribution is -2.11. The lowest BCUT2D eigenvalue weighted by Gasteiger charge is -2.08. The standard InChI is InChI=1S/C14H18N2S/c1-15-12-13-6-5-9-16(13)10-11-17-14-7-3-2-4-8-14/h2-9,15H,10-12H2,1H3. The van der Waals surface area contributed by atoms with E-state index >= 15 is 0 Å². The van der Waals surface area contributed by atoms with E-state index in [-0.39, 0.29) is 0 Å². The molecule has 0 aliphatic heterocycles. The molecular weight excluding hydrogens is 228 g/mol. The number of nitrogens with one attached hydrogen (secondary N) is 1. The Morgan fingerprint density at radius 1 is 1.12 bits per heavy atom. The summed E-state index contributed by atoms with van der Waals surface area (Å²) < 4.78 is 2.31. The Balaban J connectivity index is 1.84. The Morgan fingerprint density at radius 3 is 2.71 bits per heavy atom. The highest BCUT2D eigenvalue weighted by Crippen LogP contribution is 2.17. The molecule has 90 valence electrons. The van der Waals surface area contributed by atoms with Crippen molar-refractivity contribution in [1.82, 2.24) is 9.88 Å². The van der Waals surface area contributed by atoms with Crippen molar-refractivity contribution in [3.8, 4) is 0 Å². The predicted molar refractivity (Wildman–Crippen MR) is 74.4 cm³/mol. The minimum Gasteiger partial charge on any atom is -0.349 e. The highest BCUT2D eigenvalue weighted by Gasteiger charge is 1.99. The molecule has 0 saturated carbocycles. The average molecular weight is 246 g/mol. The van der Waals surface area contributed by atoms with E-state index in [4.69, 9.17) is 0 Å². The fraction of sp³-hybridized carbons (Fsp3) is 0.286. The van der Waals surface area contributed by atoms with E-state index in [0.717, 1.165) is 18.8 Å². The first-order chi connectivity index (χ1) is 8.40. The van der Waals surface area contributed by atoms with Crippen molar-refractivity contribution >= 4 is 11.8 Å². The van der Waals surface area contributed by atoms with Crippen LogP contribution < -0.4 is 5.32 Å². The molecule has 2 nitrogen and oxygen atoms in total. The van der Waals surface area contributed by atoms with Gasteiger partial charge in [0.2, 0.25) is 0 Å². The van der Waals surface area contributed by atoms with Gasteiger partial charge in [-0.15, -0.1) is 11.8 Å². The molecule has 17 heavy (non-hydrogen) atoms. The summed E-state index contributed by atoms with van der Waals surface area (Å²) in [6.45, 7) is 1.99. The molecular formula is C14H18N2S. The number of aryl methyl sites for hydroxylation is 1. The molecule has 0 saturated heterocycles. The van der Waals surface area contributed by atoms with Crippen molar-refractivity contribution in [2.45, 2.75) is 18.0 Å². The van der Waals surface area contributed by atoms with Gasteiger partial charge in [-0.05, 0) is 31.3 Å². The molecule has 0 aliphatic carbocycles. The zero-order chi connectivity index (χ0) is 11.9. The minimum atomic E-state index is 0.934. The monoisotopic (exact) mass is 246 g/mol. The molecule has 0 amide bonds. The Labute approximate surface area is 107 Å². The number of thioether (sulfide) groups is 1. The summed E-state index contributed by atoms with van der Waals surface area (Å²) in [5.74, 6) is 1.11. The maximum atomic E-state index is 3.19. The number of hydrogen-bond donors (Lipinski definition) is 1. The molecule has 2 rings (SSSR count). The van der Waals surface area contributed by atoms with Gasteiger partial charge in [0.1, 0.15) is 0 Å². The van der Waals surface area contributed by atoms with Crippen LogP contribution in [0.2, 0.25) is 0 Å². The maximum Gasteiger partial charge on any atom is 0.0356 e. The van der Waals surface area contributed by atoms with Gasteiger partial charge < -0.3 is 9.88 Å². The quantitative estimate of drug-likeness (QED) is 0.789. The highest BCUT2D eigenvalue weighted by molar-refractivity contribution is 7.99. The van der Waals surface area contributed by atoms with Crippen LogP contribution in [0.15, 0.2) is 53.6 Å². The summed E-state index contributed by atoms with van der Waals surface area (Å²) in [5, 5.41) is 3.19. The third-order valence-electron chi connectivity index (χ3n) is 2.63. The van der Waals surface area contributed by atoms with Gasteiger partial charge >= 0.3 is 0 Å². The molecule has 0 bridgehead atoms. The minimum absolute atomic E-state index is 0.934. The van der Waals surface area contributed by atoms with Crippen LogP contribution in [-0.2, 0) is 13.1 Å². The summed E-state index contributed by atoms with van der Waals surface area (Å²) in [6, 6.07) is 14.8. The third-order valence-corrected chi connectivity index (χ3v) is 3.62. The first-order valence-electron chi connectivity index (χ1n) is 5.86. The van der Waals surface area contributed by atoms with Crippen LogP contribution in [0.3, 0.4) is 0 Å². The molecule has 2 aromatic rings. The van der Waals surface area contributed by atoms with Crippen molar-refractivity contribution < 1.29 is 0 Å². The SMILES string of the molecule is CNCc1cccn1CCSc1ccccc1. The Morgan fingerprint density at radius 2 is 1.94 bits per heavy atom. The van der Waals surface area contributed by atoms with Crippen LogP contribution in [0.5, 0.6) is 0 Å². The first kappa shape index (κ1) is 12.3. The van der Waals surface area contributed by atoms with Gasteiger partial charge in [0.05, 0.1) is 0 Å². The molecule has 0 spiro atoms. The molecule has 1 N–H and O–H groups in total. The van der Waals surface area contributed by atoms with Gasteiger partial charge in [-0.3, -0.25) is 0 Å². The van der Waals surface area contributed by atoms with Gasteiger partial charge in [-0.2, -0.15) is 0 Å². The topological polar surface area (TPSA) is 17.0 Å². The molecule has 0 fully saturated rings. The Hall–Kier alpha value is -1.19. The summed E-state index contributed by atoms with van der Waals surface area (Å²) >= 11 is 1.90.